The van der Waals surface area contributed by atoms with E-state index in [2.05, 4.69) is 155 Å². The minimum absolute atomic E-state index is 1.06. The maximum absolute atomic E-state index is 2.55. The molecule has 11 rings (SSSR count). The van der Waals surface area contributed by atoms with E-state index < -0.39 is 0 Å². The van der Waals surface area contributed by atoms with E-state index in [9.17, 15) is 0 Å². The predicted octanol–water partition coefficient (Wildman–Crippen LogP) is 11.8. The topological polar surface area (TPSA) is 9.86 Å². The van der Waals surface area contributed by atoms with Crippen LogP contribution in [0, 0.1) is 0 Å². The van der Waals surface area contributed by atoms with Crippen LogP contribution in [-0.2, 0) is 6.42 Å². The average molecular weight is 599 g/mol. The molecule has 0 spiro atoms. The minimum atomic E-state index is 1.06. The van der Waals surface area contributed by atoms with Gasteiger partial charge in [0.15, 0.2) is 0 Å². The summed E-state index contributed by atoms with van der Waals surface area (Å²) in [4.78, 5) is 0. The highest BCUT2D eigenvalue weighted by Gasteiger charge is 2.26. The van der Waals surface area contributed by atoms with Gasteiger partial charge in [-0.2, -0.15) is 0 Å². The largest absolute Gasteiger partial charge is 0.307 e. The van der Waals surface area contributed by atoms with E-state index in [1.54, 1.807) is 5.57 Å². The number of benzene rings is 7. The molecular weight excluding hydrogens is 569 g/mol. The van der Waals surface area contributed by atoms with Gasteiger partial charge in [0.1, 0.15) is 0 Å². The Bertz CT molecular complexity index is 2860. The maximum atomic E-state index is 2.55. The highest BCUT2D eigenvalue weighted by atomic mass is 15.0. The van der Waals surface area contributed by atoms with Crippen molar-refractivity contribution in [2.75, 3.05) is 0 Å². The second-order valence-corrected chi connectivity index (χ2v) is 13.2. The summed E-state index contributed by atoms with van der Waals surface area (Å²) < 4.78 is 5.09. The Hall–Kier alpha value is -5.86. The lowest BCUT2D eigenvalue weighted by Gasteiger charge is -2.16. The molecule has 0 amide bonds. The highest BCUT2D eigenvalue weighted by molar-refractivity contribution is 6.25. The molecule has 47 heavy (non-hydrogen) atoms. The van der Waals surface area contributed by atoms with Gasteiger partial charge >= 0.3 is 0 Å². The molecule has 0 N–H and O–H groups in total. The molecule has 7 aromatic carbocycles. The molecular formula is C45H30N2. The van der Waals surface area contributed by atoms with Crippen LogP contribution in [0.1, 0.15) is 24.0 Å². The quantitative estimate of drug-likeness (QED) is 0.175. The average Bonchev–Trinajstić information content (AvgIpc) is 3.78. The summed E-state index contributed by atoms with van der Waals surface area (Å²) in [6, 6.07) is 49.7. The number of fused-ring (bicyclic) bond motifs is 12. The van der Waals surface area contributed by atoms with Gasteiger partial charge in [0.2, 0.25) is 0 Å². The third-order valence-corrected chi connectivity index (χ3v) is 10.8. The second-order valence-electron chi connectivity index (χ2n) is 13.2. The molecule has 220 valence electrons. The highest BCUT2D eigenvalue weighted by Crippen LogP contribution is 2.46. The SMILES string of the molecule is C1=CC2=C(CC1)Cc1cc3c(cc12)c1ccc2c4ccccc4n(-c4cc5ccccc5c5ccccc45)c2c1n3-c1ccccc1. The number of aromatic nitrogens is 2. The van der Waals surface area contributed by atoms with Gasteiger partial charge in [0.25, 0.3) is 0 Å². The first-order chi connectivity index (χ1) is 23.3. The zero-order valence-corrected chi connectivity index (χ0v) is 25.9. The number of rotatable bonds is 2. The fourth-order valence-corrected chi connectivity index (χ4v) is 8.75. The van der Waals surface area contributed by atoms with Gasteiger partial charge in [-0.1, -0.05) is 115 Å². The molecule has 2 aliphatic carbocycles. The van der Waals surface area contributed by atoms with E-state index >= 15 is 0 Å². The second kappa shape index (κ2) is 9.34. The Labute approximate surface area is 272 Å². The molecule has 0 unspecified atom stereocenters. The van der Waals surface area contributed by atoms with Crippen molar-refractivity contribution in [3.05, 3.63) is 162 Å². The van der Waals surface area contributed by atoms with Crippen LogP contribution < -0.4 is 0 Å². The molecule has 0 radical (unpaired) electrons. The maximum Gasteiger partial charge on any atom is 0.0789 e. The number of allylic oxidation sites excluding steroid dienone is 4. The molecule has 2 aliphatic rings. The summed E-state index contributed by atoms with van der Waals surface area (Å²) >= 11 is 0. The van der Waals surface area contributed by atoms with Gasteiger partial charge in [-0.25, -0.2) is 0 Å². The van der Waals surface area contributed by atoms with Crippen molar-refractivity contribution in [2.45, 2.75) is 19.3 Å². The Morgan fingerprint density at radius 1 is 0.489 bits per heavy atom. The van der Waals surface area contributed by atoms with E-state index in [-0.39, 0.29) is 0 Å². The van der Waals surface area contributed by atoms with E-state index in [1.807, 2.05) is 0 Å². The first-order valence-corrected chi connectivity index (χ1v) is 16.7. The fraction of sp³-hybridized carbons (Fsp3) is 0.0667. The normalized spacial score (nSPS) is 14.4. The summed E-state index contributed by atoms with van der Waals surface area (Å²) in [6.07, 6.45) is 8.09. The number of hydrogen-bond acceptors (Lipinski definition) is 0. The monoisotopic (exact) mass is 598 g/mol. The van der Waals surface area contributed by atoms with Gasteiger partial charge in [-0.3, -0.25) is 0 Å². The molecule has 2 nitrogen and oxygen atoms in total. The van der Waals surface area contributed by atoms with Crippen molar-refractivity contribution >= 4 is 70.7 Å². The van der Waals surface area contributed by atoms with E-state index in [4.69, 9.17) is 0 Å². The molecule has 0 fully saturated rings. The molecule has 2 heteroatoms. The third kappa shape index (κ3) is 3.40. The summed E-state index contributed by atoms with van der Waals surface area (Å²) in [5.74, 6) is 0. The summed E-state index contributed by atoms with van der Waals surface area (Å²) in [7, 11) is 0. The van der Waals surface area contributed by atoms with E-state index in [1.165, 1.54) is 99.7 Å². The van der Waals surface area contributed by atoms with Crippen molar-refractivity contribution in [1.82, 2.24) is 9.13 Å². The first kappa shape index (κ1) is 25.3. The zero-order chi connectivity index (χ0) is 30.6. The lowest BCUT2D eigenvalue weighted by atomic mass is 9.97. The fourth-order valence-electron chi connectivity index (χ4n) is 8.75. The molecule has 0 atom stereocenters. The molecule has 0 aliphatic heterocycles. The number of hydrogen-bond donors (Lipinski definition) is 0. The smallest absolute Gasteiger partial charge is 0.0789 e. The lowest BCUT2D eigenvalue weighted by Crippen LogP contribution is -2.00. The molecule has 0 saturated heterocycles. The van der Waals surface area contributed by atoms with Crippen molar-refractivity contribution in [1.29, 1.82) is 0 Å². The third-order valence-electron chi connectivity index (χ3n) is 10.8. The molecule has 2 aromatic heterocycles. The Balaban J connectivity index is 1.37. The van der Waals surface area contributed by atoms with Crippen molar-refractivity contribution in [3.8, 4) is 11.4 Å². The van der Waals surface area contributed by atoms with E-state index in [0.717, 1.165) is 12.8 Å². The summed E-state index contributed by atoms with van der Waals surface area (Å²) in [5.41, 5.74) is 13.3. The van der Waals surface area contributed by atoms with Gasteiger partial charge in [-0.15, -0.1) is 0 Å². The van der Waals surface area contributed by atoms with Crippen LogP contribution in [0.25, 0.3) is 82.1 Å². The van der Waals surface area contributed by atoms with Crippen LogP contribution in [0.2, 0.25) is 0 Å². The van der Waals surface area contributed by atoms with Gasteiger partial charge in [0.05, 0.1) is 27.8 Å². The van der Waals surface area contributed by atoms with Crippen LogP contribution in [0.15, 0.2) is 151 Å². The number of para-hydroxylation sites is 2. The zero-order valence-electron chi connectivity index (χ0n) is 25.9. The molecule has 9 aromatic rings. The van der Waals surface area contributed by atoms with Gasteiger partial charge < -0.3 is 9.13 Å². The Kier molecular flexibility index (Phi) is 5.04. The van der Waals surface area contributed by atoms with Gasteiger partial charge in [0, 0.05) is 32.6 Å². The lowest BCUT2D eigenvalue weighted by molar-refractivity contribution is 0.935. The van der Waals surface area contributed by atoms with Crippen LogP contribution in [0.5, 0.6) is 0 Å². The number of nitrogens with zero attached hydrogens (tertiary/aromatic N) is 2. The summed E-state index contributed by atoms with van der Waals surface area (Å²) in [5, 5.41) is 10.2. The summed E-state index contributed by atoms with van der Waals surface area (Å²) in [6.45, 7) is 0. The molecule has 2 heterocycles. The van der Waals surface area contributed by atoms with Crippen LogP contribution in [0.4, 0.5) is 0 Å². The van der Waals surface area contributed by atoms with Crippen molar-refractivity contribution in [3.63, 3.8) is 0 Å². The predicted molar refractivity (Wildman–Crippen MR) is 199 cm³/mol. The molecule has 0 bridgehead atoms. The van der Waals surface area contributed by atoms with Crippen molar-refractivity contribution < 1.29 is 0 Å². The first-order valence-electron chi connectivity index (χ1n) is 16.7. The van der Waals surface area contributed by atoms with Crippen molar-refractivity contribution in [2.24, 2.45) is 0 Å². The Morgan fingerprint density at radius 2 is 1.19 bits per heavy atom. The van der Waals surface area contributed by atoms with E-state index in [0.29, 0.717) is 0 Å². The van der Waals surface area contributed by atoms with Crippen LogP contribution in [0.3, 0.4) is 0 Å². The standard InChI is InChI=1S/C45H30N2/c1-2-14-31(15-3-1)46-43-26-30-24-28-12-4-7-17-33(28)39(30)27-40(43)38-23-22-37-36-20-10-11-21-41(36)47(45(37)44(38)46)42-25-29-13-5-6-16-32(29)34-18-8-9-19-35(34)42/h1-3,5-11,13-23,25-27H,4,12,24H2. The van der Waals surface area contributed by atoms with Crippen LogP contribution in [-0.4, -0.2) is 9.13 Å². The van der Waals surface area contributed by atoms with Crippen LogP contribution >= 0.6 is 0 Å². The minimum Gasteiger partial charge on any atom is -0.307 e. The van der Waals surface area contributed by atoms with Gasteiger partial charge in [-0.05, 0) is 88.5 Å². The Morgan fingerprint density at radius 3 is 2.06 bits per heavy atom. The molecule has 0 saturated carbocycles.